The van der Waals surface area contributed by atoms with Crippen LogP contribution in [-0.4, -0.2) is 43.4 Å². The van der Waals surface area contributed by atoms with Gasteiger partial charge in [-0.2, -0.15) is 4.98 Å². The van der Waals surface area contributed by atoms with E-state index in [9.17, 15) is 0 Å². The van der Waals surface area contributed by atoms with Gasteiger partial charge in [0.15, 0.2) is 17.3 Å². The Bertz CT molecular complexity index is 644. The Morgan fingerprint density at radius 1 is 1.14 bits per heavy atom. The van der Waals surface area contributed by atoms with Gasteiger partial charge >= 0.3 is 0 Å². The third-order valence-electron chi connectivity index (χ3n) is 3.41. The van der Waals surface area contributed by atoms with E-state index in [2.05, 4.69) is 14.9 Å². The first-order chi connectivity index (χ1) is 10.8. The number of nitrogens with two attached hydrogens (primary N) is 1. The number of hydrogen-bond acceptors (Lipinski definition) is 7. The highest BCUT2D eigenvalue weighted by molar-refractivity contribution is 5.68. The van der Waals surface area contributed by atoms with Crippen molar-refractivity contribution >= 4 is 11.5 Å². The summed E-state index contributed by atoms with van der Waals surface area (Å²) in [6.45, 7) is 2.81. The molecule has 3 rings (SSSR count). The molecule has 7 heteroatoms. The molecule has 2 heterocycles. The predicted octanol–water partition coefficient (Wildman–Crippen LogP) is 1.70. The first kappa shape index (κ1) is 14.4. The molecule has 2 aromatic rings. The zero-order valence-electron chi connectivity index (χ0n) is 12.4. The molecule has 1 aliphatic heterocycles. The van der Waals surface area contributed by atoms with Crippen LogP contribution >= 0.6 is 0 Å². The van der Waals surface area contributed by atoms with E-state index >= 15 is 0 Å². The maximum atomic E-state index is 6.18. The van der Waals surface area contributed by atoms with Crippen LogP contribution in [0.2, 0.25) is 0 Å². The number of benzene rings is 1. The Balaban J connectivity index is 1.88. The summed E-state index contributed by atoms with van der Waals surface area (Å²) in [5.41, 5.74) is 6.59. The third kappa shape index (κ3) is 2.89. The molecule has 1 fully saturated rings. The van der Waals surface area contributed by atoms with Crippen molar-refractivity contribution in [1.82, 2.24) is 9.97 Å². The van der Waals surface area contributed by atoms with Crippen molar-refractivity contribution in [2.75, 3.05) is 44.0 Å². The molecule has 116 valence electrons. The molecule has 0 unspecified atom stereocenters. The fraction of sp³-hybridized carbons (Fsp3) is 0.333. The second-order valence-electron chi connectivity index (χ2n) is 4.77. The number of morpholine rings is 1. The van der Waals surface area contributed by atoms with Crippen molar-refractivity contribution in [1.29, 1.82) is 0 Å². The molecule has 0 radical (unpaired) electrons. The van der Waals surface area contributed by atoms with E-state index in [1.807, 2.05) is 18.2 Å². The van der Waals surface area contributed by atoms with Crippen LogP contribution in [0.4, 0.5) is 11.5 Å². The van der Waals surface area contributed by atoms with E-state index in [0.29, 0.717) is 42.1 Å². The Hall–Kier alpha value is -2.54. The molecule has 0 bridgehead atoms. The molecule has 7 nitrogen and oxygen atoms in total. The maximum absolute atomic E-state index is 6.18. The van der Waals surface area contributed by atoms with E-state index in [0.717, 1.165) is 13.1 Å². The predicted molar refractivity (Wildman–Crippen MR) is 82.5 cm³/mol. The summed E-state index contributed by atoms with van der Waals surface area (Å²) in [4.78, 5) is 10.5. The quantitative estimate of drug-likeness (QED) is 0.920. The van der Waals surface area contributed by atoms with Gasteiger partial charge in [-0.15, -0.1) is 0 Å². The lowest BCUT2D eigenvalue weighted by Crippen LogP contribution is -2.37. The topological polar surface area (TPSA) is 82.7 Å². The zero-order chi connectivity index (χ0) is 15.4. The van der Waals surface area contributed by atoms with Crippen LogP contribution in [0.3, 0.4) is 0 Å². The zero-order valence-corrected chi connectivity index (χ0v) is 12.4. The summed E-state index contributed by atoms with van der Waals surface area (Å²) >= 11 is 0. The van der Waals surface area contributed by atoms with Gasteiger partial charge < -0.3 is 24.8 Å². The van der Waals surface area contributed by atoms with Crippen molar-refractivity contribution in [3.8, 4) is 17.4 Å². The average Bonchev–Trinajstić information content (AvgIpc) is 2.58. The Kier molecular flexibility index (Phi) is 4.24. The number of nitrogens with zero attached hydrogens (tertiary/aromatic N) is 3. The second-order valence-corrected chi connectivity index (χ2v) is 4.77. The van der Waals surface area contributed by atoms with E-state index in [-0.39, 0.29) is 0 Å². The molecular weight excluding hydrogens is 284 g/mol. The summed E-state index contributed by atoms with van der Waals surface area (Å²) in [6.07, 6.45) is 1.45. The minimum absolute atomic E-state index is 0.320. The van der Waals surface area contributed by atoms with Crippen LogP contribution in [0.1, 0.15) is 0 Å². The first-order valence-corrected chi connectivity index (χ1v) is 7.03. The van der Waals surface area contributed by atoms with Crippen LogP contribution in [-0.2, 0) is 4.74 Å². The average molecular weight is 302 g/mol. The summed E-state index contributed by atoms with van der Waals surface area (Å²) in [6, 6.07) is 7.34. The smallest absolute Gasteiger partial charge is 0.248 e. The molecular formula is C15H18N4O3. The van der Waals surface area contributed by atoms with Crippen molar-refractivity contribution in [3.05, 3.63) is 30.6 Å². The van der Waals surface area contributed by atoms with Crippen LogP contribution in [0.25, 0.3) is 0 Å². The third-order valence-corrected chi connectivity index (χ3v) is 3.41. The van der Waals surface area contributed by atoms with Crippen molar-refractivity contribution in [2.24, 2.45) is 0 Å². The van der Waals surface area contributed by atoms with E-state index in [1.165, 1.54) is 6.33 Å². The van der Waals surface area contributed by atoms with E-state index in [1.54, 1.807) is 13.2 Å². The van der Waals surface area contributed by atoms with Gasteiger partial charge in [0.25, 0.3) is 0 Å². The number of rotatable bonds is 4. The van der Waals surface area contributed by atoms with Gasteiger partial charge in [-0.05, 0) is 12.1 Å². The monoisotopic (exact) mass is 302 g/mol. The Morgan fingerprint density at radius 3 is 2.59 bits per heavy atom. The summed E-state index contributed by atoms with van der Waals surface area (Å²) < 4.78 is 16.4. The minimum atomic E-state index is 0.320. The van der Waals surface area contributed by atoms with E-state index < -0.39 is 0 Å². The van der Waals surface area contributed by atoms with Gasteiger partial charge in [0, 0.05) is 13.1 Å². The fourth-order valence-corrected chi connectivity index (χ4v) is 2.29. The molecule has 0 amide bonds. The fourth-order valence-electron chi connectivity index (χ4n) is 2.29. The molecule has 0 spiro atoms. The number of para-hydroxylation sites is 2. The van der Waals surface area contributed by atoms with Gasteiger partial charge in [0.1, 0.15) is 12.0 Å². The summed E-state index contributed by atoms with van der Waals surface area (Å²) in [7, 11) is 1.59. The van der Waals surface area contributed by atoms with Gasteiger partial charge in [0.2, 0.25) is 5.88 Å². The van der Waals surface area contributed by atoms with Gasteiger partial charge in [-0.3, -0.25) is 0 Å². The molecule has 0 aliphatic carbocycles. The van der Waals surface area contributed by atoms with Crippen LogP contribution in [0.15, 0.2) is 30.6 Å². The number of nitrogen functional groups attached to an aromatic ring is 1. The lowest BCUT2D eigenvalue weighted by Gasteiger charge is -2.28. The number of anilines is 2. The van der Waals surface area contributed by atoms with Crippen molar-refractivity contribution in [3.63, 3.8) is 0 Å². The summed E-state index contributed by atoms with van der Waals surface area (Å²) in [5, 5.41) is 0. The van der Waals surface area contributed by atoms with E-state index in [4.69, 9.17) is 19.9 Å². The molecule has 1 aromatic carbocycles. The number of methoxy groups -OCH3 is 1. The molecule has 0 atom stereocenters. The SMILES string of the molecule is COc1ccccc1Oc1ncnc(N2CCOCC2)c1N. The molecule has 1 aliphatic rings. The highest BCUT2D eigenvalue weighted by atomic mass is 16.5. The van der Waals surface area contributed by atoms with Gasteiger partial charge in [0.05, 0.1) is 20.3 Å². The summed E-state index contributed by atoms with van der Waals surface area (Å²) in [5.74, 6) is 2.17. The normalized spacial score (nSPS) is 14.7. The molecule has 1 saturated heterocycles. The van der Waals surface area contributed by atoms with Gasteiger partial charge in [-0.25, -0.2) is 4.98 Å². The lowest BCUT2D eigenvalue weighted by molar-refractivity contribution is 0.122. The van der Waals surface area contributed by atoms with Crippen LogP contribution < -0.4 is 20.1 Å². The standard InChI is InChI=1S/C15H18N4O3/c1-20-11-4-2-3-5-12(11)22-15-13(16)14(17-10-18-15)19-6-8-21-9-7-19/h2-5,10H,6-9,16H2,1H3. The highest BCUT2D eigenvalue weighted by Gasteiger charge is 2.19. The Labute approximate surface area is 128 Å². The number of ether oxygens (including phenoxy) is 3. The van der Waals surface area contributed by atoms with Crippen molar-refractivity contribution in [2.45, 2.75) is 0 Å². The largest absolute Gasteiger partial charge is 0.493 e. The molecule has 22 heavy (non-hydrogen) atoms. The maximum Gasteiger partial charge on any atom is 0.248 e. The molecule has 1 aromatic heterocycles. The second kappa shape index (κ2) is 6.48. The van der Waals surface area contributed by atoms with Crippen molar-refractivity contribution < 1.29 is 14.2 Å². The number of hydrogen-bond donors (Lipinski definition) is 1. The van der Waals surface area contributed by atoms with Crippen LogP contribution in [0.5, 0.6) is 17.4 Å². The van der Waals surface area contributed by atoms with Crippen LogP contribution in [0, 0.1) is 0 Å². The van der Waals surface area contributed by atoms with Gasteiger partial charge in [-0.1, -0.05) is 12.1 Å². The molecule has 0 saturated carbocycles. The Morgan fingerprint density at radius 2 is 1.86 bits per heavy atom. The lowest BCUT2D eigenvalue weighted by atomic mass is 10.3. The number of aromatic nitrogens is 2. The first-order valence-electron chi connectivity index (χ1n) is 7.03. The highest BCUT2D eigenvalue weighted by Crippen LogP contribution is 2.35. The minimum Gasteiger partial charge on any atom is -0.493 e. The molecule has 2 N–H and O–H groups in total.